The van der Waals surface area contributed by atoms with Gasteiger partial charge in [-0.25, -0.2) is 13.1 Å². The Labute approximate surface area is 110 Å². The quantitative estimate of drug-likeness (QED) is 0.684. The molecule has 0 aliphatic carbocycles. The van der Waals surface area contributed by atoms with Crippen LogP contribution in [0.25, 0.3) is 0 Å². The molecule has 2 N–H and O–H groups in total. The Morgan fingerprint density at radius 1 is 1.37 bits per heavy atom. The van der Waals surface area contributed by atoms with Crippen molar-refractivity contribution in [2.75, 3.05) is 13.6 Å². The van der Waals surface area contributed by atoms with Crippen LogP contribution in [-0.2, 0) is 23.0 Å². The third-order valence-corrected chi connectivity index (χ3v) is 3.69. The van der Waals surface area contributed by atoms with E-state index in [4.69, 9.17) is 4.42 Å². The Kier molecular flexibility index (Phi) is 4.30. The van der Waals surface area contributed by atoms with Crippen LogP contribution in [0.15, 0.2) is 32.6 Å². The molecule has 2 heterocycles. The Morgan fingerprint density at radius 2 is 2.21 bits per heavy atom. The van der Waals surface area contributed by atoms with E-state index in [0.717, 1.165) is 0 Å². The van der Waals surface area contributed by atoms with Crippen molar-refractivity contribution in [1.82, 2.24) is 20.2 Å². The van der Waals surface area contributed by atoms with Crippen LogP contribution >= 0.6 is 0 Å². The van der Waals surface area contributed by atoms with E-state index < -0.39 is 10.0 Å². The molecule has 0 saturated heterocycles. The van der Waals surface area contributed by atoms with Crippen LogP contribution in [0.4, 0.5) is 0 Å². The van der Waals surface area contributed by atoms with Crippen LogP contribution in [0.2, 0.25) is 0 Å². The van der Waals surface area contributed by atoms with E-state index >= 15 is 0 Å². The number of rotatable bonds is 7. The smallest absolute Gasteiger partial charge is 0.273 e. The second-order valence-electron chi connectivity index (χ2n) is 3.70. The van der Waals surface area contributed by atoms with Crippen molar-refractivity contribution in [2.45, 2.75) is 18.1 Å². The van der Waals surface area contributed by atoms with Crippen molar-refractivity contribution < 1.29 is 17.4 Å². The largest absolute Gasteiger partial charge is 0.447 e. The standard InChI is InChI=1S/C10H14N4O4S/c1-11-19(15,16)10-3-2-8(18-10)6-12-5-4-9-13-7-17-14-9/h2-3,7,11-12H,4-6H2,1H3. The lowest BCUT2D eigenvalue weighted by Gasteiger charge is -2.00. The van der Waals surface area contributed by atoms with E-state index in [1.807, 2.05) is 0 Å². The van der Waals surface area contributed by atoms with Gasteiger partial charge in [0, 0.05) is 13.0 Å². The predicted octanol–water partition coefficient (Wildman–Crippen LogP) is -0.0970. The fraction of sp³-hybridized carbons (Fsp3) is 0.400. The van der Waals surface area contributed by atoms with Crippen molar-refractivity contribution >= 4 is 10.0 Å². The van der Waals surface area contributed by atoms with E-state index in [2.05, 4.69) is 24.7 Å². The minimum atomic E-state index is -3.52. The number of aromatic nitrogens is 2. The third kappa shape index (κ3) is 3.63. The first-order chi connectivity index (χ1) is 9.12. The molecule has 0 aromatic carbocycles. The summed E-state index contributed by atoms with van der Waals surface area (Å²) in [5.74, 6) is 1.16. The Bertz CT molecular complexity index is 605. The molecule has 0 radical (unpaired) electrons. The van der Waals surface area contributed by atoms with Crippen molar-refractivity contribution in [3.63, 3.8) is 0 Å². The molecule has 0 aliphatic heterocycles. The zero-order valence-electron chi connectivity index (χ0n) is 10.3. The second kappa shape index (κ2) is 5.95. The second-order valence-corrected chi connectivity index (χ2v) is 5.52. The lowest BCUT2D eigenvalue weighted by molar-refractivity contribution is 0.398. The molecule has 0 atom stereocenters. The van der Waals surface area contributed by atoms with Crippen molar-refractivity contribution in [1.29, 1.82) is 0 Å². The molecule has 0 saturated carbocycles. The summed E-state index contributed by atoms with van der Waals surface area (Å²) in [6.45, 7) is 1.06. The number of hydrogen-bond acceptors (Lipinski definition) is 7. The topological polar surface area (TPSA) is 110 Å². The number of sulfonamides is 1. The summed E-state index contributed by atoms with van der Waals surface area (Å²) in [5.41, 5.74) is 0. The fourth-order valence-corrected chi connectivity index (χ4v) is 2.08. The molecule has 0 fully saturated rings. The lowest BCUT2D eigenvalue weighted by Crippen LogP contribution is -2.18. The van der Waals surface area contributed by atoms with Gasteiger partial charge in [0.15, 0.2) is 5.82 Å². The highest BCUT2D eigenvalue weighted by Gasteiger charge is 2.15. The number of hydrogen-bond donors (Lipinski definition) is 2. The molecule has 0 bridgehead atoms. The maximum Gasteiger partial charge on any atom is 0.273 e. The van der Waals surface area contributed by atoms with Crippen LogP contribution in [0, 0.1) is 0 Å². The first-order valence-electron chi connectivity index (χ1n) is 5.60. The van der Waals surface area contributed by atoms with E-state index in [1.165, 1.54) is 19.5 Å². The molecule has 9 heteroatoms. The molecule has 2 rings (SSSR count). The first-order valence-corrected chi connectivity index (χ1v) is 7.08. The molecule has 104 valence electrons. The molecule has 0 spiro atoms. The zero-order valence-corrected chi connectivity index (χ0v) is 11.1. The Balaban J connectivity index is 1.81. The SMILES string of the molecule is CNS(=O)(=O)c1ccc(CNCCc2ncon2)o1. The Hall–Kier alpha value is -1.71. The minimum Gasteiger partial charge on any atom is -0.447 e. The average Bonchev–Trinajstić information content (AvgIpc) is 3.06. The van der Waals surface area contributed by atoms with Crippen molar-refractivity contribution in [3.8, 4) is 0 Å². The number of nitrogens with zero attached hydrogens (tertiary/aromatic N) is 2. The minimum absolute atomic E-state index is 0.0926. The normalized spacial score (nSPS) is 11.8. The third-order valence-electron chi connectivity index (χ3n) is 2.40. The maximum absolute atomic E-state index is 11.4. The maximum atomic E-state index is 11.4. The highest BCUT2D eigenvalue weighted by atomic mass is 32.2. The molecule has 0 unspecified atom stereocenters. The van der Waals surface area contributed by atoms with E-state index in [9.17, 15) is 8.42 Å². The van der Waals surface area contributed by atoms with Gasteiger partial charge in [0.25, 0.3) is 10.0 Å². The van der Waals surface area contributed by atoms with Gasteiger partial charge in [-0.05, 0) is 19.2 Å². The van der Waals surface area contributed by atoms with Crippen LogP contribution in [0.1, 0.15) is 11.6 Å². The van der Waals surface area contributed by atoms with Gasteiger partial charge in [-0.1, -0.05) is 5.16 Å². The van der Waals surface area contributed by atoms with E-state index in [0.29, 0.717) is 31.1 Å². The van der Waals surface area contributed by atoms with Gasteiger partial charge in [0.2, 0.25) is 11.5 Å². The summed E-state index contributed by atoms with van der Waals surface area (Å²) in [4.78, 5) is 3.88. The summed E-state index contributed by atoms with van der Waals surface area (Å²) in [7, 11) is -2.19. The summed E-state index contributed by atoms with van der Waals surface area (Å²) < 4.78 is 34.9. The van der Waals surface area contributed by atoms with Crippen LogP contribution in [0.5, 0.6) is 0 Å². The molecule has 2 aromatic rings. The van der Waals surface area contributed by atoms with E-state index in [-0.39, 0.29) is 5.09 Å². The van der Waals surface area contributed by atoms with Gasteiger partial charge >= 0.3 is 0 Å². The summed E-state index contributed by atoms with van der Waals surface area (Å²) in [5, 5.41) is 6.67. The zero-order chi connectivity index (χ0) is 13.7. The Morgan fingerprint density at radius 3 is 2.89 bits per heavy atom. The van der Waals surface area contributed by atoms with Crippen LogP contribution in [-0.4, -0.2) is 32.2 Å². The fourth-order valence-electron chi connectivity index (χ4n) is 1.41. The molecule has 19 heavy (non-hydrogen) atoms. The van der Waals surface area contributed by atoms with Crippen molar-refractivity contribution in [2.24, 2.45) is 0 Å². The number of nitrogens with one attached hydrogen (secondary N) is 2. The van der Waals surface area contributed by atoms with Crippen LogP contribution < -0.4 is 10.0 Å². The van der Waals surface area contributed by atoms with E-state index in [1.54, 1.807) is 6.07 Å². The predicted molar refractivity (Wildman–Crippen MR) is 64.7 cm³/mol. The molecular formula is C10H14N4O4S. The van der Waals surface area contributed by atoms with Gasteiger partial charge in [0.05, 0.1) is 6.54 Å². The monoisotopic (exact) mass is 286 g/mol. The van der Waals surface area contributed by atoms with Gasteiger partial charge < -0.3 is 14.3 Å². The van der Waals surface area contributed by atoms with Gasteiger partial charge in [-0.2, -0.15) is 4.98 Å². The molecule has 0 amide bonds. The van der Waals surface area contributed by atoms with Crippen LogP contribution in [0.3, 0.4) is 0 Å². The highest BCUT2D eigenvalue weighted by Crippen LogP contribution is 2.12. The van der Waals surface area contributed by atoms with Gasteiger partial charge in [-0.3, -0.25) is 0 Å². The molecule has 2 aromatic heterocycles. The number of furan rings is 1. The summed E-state index contributed by atoms with van der Waals surface area (Å²) in [6.07, 6.45) is 1.90. The summed E-state index contributed by atoms with van der Waals surface area (Å²) in [6, 6.07) is 3.04. The van der Waals surface area contributed by atoms with Crippen molar-refractivity contribution in [3.05, 3.63) is 30.1 Å². The van der Waals surface area contributed by atoms with Gasteiger partial charge in [0.1, 0.15) is 5.76 Å². The molecular weight excluding hydrogens is 272 g/mol. The molecule has 8 nitrogen and oxygen atoms in total. The molecule has 0 aliphatic rings. The highest BCUT2D eigenvalue weighted by molar-refractivity contribution is 7.89. The summed E-state index contributed by atoms with van der Waals surface area (Å²) >= 11 is 0. The average molecular weight is 286 g/mol. The lowest BCUT2D eigenvalue weighted by atomic mass is 10.4. The first kappa shape index (κ1) is 13.7. The van der Waals surface area contributed by atoms with Gasteiger partial charge in [-0.15, -0.1) is 0 Å².